The van der Waals surface area contributed by atoms with Gasteiger partial charge < -0.3 is 0 Å². The molecule has 0 fully saturated rings. The molecule has 0 saturated carbocycles. The van der Waals surface area contributed by atoms with E-state index in [9.17, 15) is 14.9 Å². The molecular weight excluding hydrogens is 210 g/mol. The summed E-state index contributed by atoms with van der Waals surface area (Å²) in [6, 6.07) is 5.76. The van der Waals surface area contributed by atoms with Crippen molar-refractivity contribution in [2.45, 2.75) is 13.3 Å². The van der Waals surface area contributed by atoms with Gasteiger partial charge in [-0.2, -0.15) is 5.10 Å². The van der Waals surface area contributed by atoms with Crippen LogP contribution < -0.4 is 5.43 Å². The smallest absolute Gasteiger partial charge is 0.269 e. The van der Waals surface area contributed by atoms with E-state index in [1.54, 1.807) is 6.92 Å². The summed E-state index contributed by atoms with van der Waals surface area (Å²) >= 11 is 0. The number of nitrogens with one attached hydrogen (secondary N) is 1. The molecule has 0 radical (unpaired) electrons. The van der Waals surface area contributed by atoms with Crippen molar-refractivity contribution in [3.05, 3.63) is 34.4 Å². The number of carbonyl (C=O) groups excluding carboxylic acids is 1. The van der Waals surface area contributed by atoms with E-state index >= 15 is 0 Å². The van der Waals surface area contributed by atoms with Crippen LogP contribution in [0.2, 0.25) is 0 Å². The first-order chi connectivity index (χ1) is 7.63. The third kappa shape index (κ3) is 3.49. The molecule has 0 saturated heterocycles. The predicted molar refractivity (Wildman–Crippen MR) is 60.5 cm³/mol. The number of nitro groups is 1. The van der Waals surface area contributed by atoms with Crippen LogP contribution in [0, 0.1) is 10.1 Å². The van der Waals surface area contributed by atoms with Gasteiger partial charge in [0, 0.05) is 18.6 Å². The maximum Gasteiger partial charge on any atom is 0.269 e. The Morgan fingerprint density at radius 2 is 2.12 bits per heavy atom. The number of nitro benzene ring substituents is 1. The highest BCUT2D eigenvalue weighted by molar-refractivity contribution is 6.27. The highest BCUT2D eigenvalue weighted by Crippen LogP contribution is 2.14. The van der Waals surface area contributed by atoms with Gasteiger partial charge in [0.25, 0.3) is 5.69 Å². The Balaban J connectivity index is 2.59. The quantitative estimate of drug-likeness (QED) is 0.468. The third-order valence-corrected chi connectivity index (χ3v) is 1.83. The number of ketones is 1. The van der Waals surface area contributed by atoms with Gasteiger partial charge in [0.05, 0.1) is 16.8 Å². The van der Waals surface area contributed by atoms with Crippen LogP contribution in [0.15, 0.2) is 29.4 Å². The van der Waals surface area contributed by atoms with Crippen LogP contribution >= 0.6 is 0 Å². The summed E-state index contributed by atoms with van der Waals surface area (Å²) in [6.45, 7) is 1.74. The van der Waals surface area contributed by atoms with E-state index in [-0.39, 0.29) is 11.5 Å². The number of non-ortho nitro benzene ring substituents is 1. The van der Waals surface area contributed by atoms with Crippen molar-refractivity contribution in [3.8, 4) is 0 Å². The maximum atomic E-state index is 10.9. The van der Waals surface area contributed by atoms with Crippen LogP contribution in [0.25, 0.3) is 0 Å². The van der Waals surface area contributed by atoms with E-state index in [4.69, 9.17) is 0 Å². The van der Waals surface area contributed by atoms with E-state index in [0.717, 1.165) is 0 Å². The molecule has 0 unspecified atom stereocenters. The fraction of sp³-hybridized carbons (Fsp3) is 0.200. The third-order valence-electron chi connectivity index (χ3n) is 1.83. The largest absolute Gasteiger partial charge is 0.293 e. The number of hydrogen-bond acceptors (Lipinski definition) is 5. The van der Waals surface area contributed by atoms with Crippen LogP contribution in [-0.4, -0.2) is 16.9 Å². The summed E-state index contributed by atoms with van der Waals surface area (Å²) < 4.78 is 0. The lowest BCUT2D eigenvalue weighted by Crippen LogP contribution is -1.99. The van der Waals surface area contributed by atoms with E-state index in [2.05, 4.69) is 10.5 Å². The number of Topliss-reactive ketones (excluding diaryl/α,β-unsaturated/α-hetero) is 1. The minimum Gasteiger partial charge on any atom is -0.293 e. The van der Waals surface area contributed by atoms with Gasteiger partial charge in [-0.25, -0.2) is 0 Å². The average Bonchev–Trinajstić information content (AvgIpc) is 2.29. The van der Waals surface area contributed by atoms with Gasteiger partial charge in [-0.3, -0.25) is 20.3 Å². The number of carbonyl (C=O) groups is 1. The Morgan fingerprint density at radius 3 is 2.62 bits per heavy atom. The molecule has 0 amide bonds. The summed E-state index contributed by atoms with van der Waals surface area (Å²) in [4.78, 5) is 20.8. The van der Waals surface area contributed by atoms with Gasteiger partial charge >= 0.3 is 0 Å². The molecule has 84 valence electrons. The second-order valence-electron chi connectivity index (χ2n) is 2.99. The zero-order valence-corrected chi connectivity index (χ0v) is 8.71. The fourth-order valence-electron chi connectivity index (χ4n) is 0.928. The first-order valence-electron chi connectivity index (χ1n) is 4.70. The standard InChI is InChI=1S/C10H11N3O3/c1-2-10(14)7-11-12-8-3-5-9(6-4-8)13(15)16/h3-7,12H,2H2,1H3. The number of nitrogens with zero attached hydrogens (tertiary/aromatic N) is 2. The Hall–Kier alpha value is -2.24. The summed E-state index contributed by atoms with van der Waals surface area (Å²) in [5.41, 5.74) is 3.20. The van der Waals surface area contributed by atoms with Gasteiger partial charge in [0.1, 0.15) is 0 Å². The lowest BCUT2D eigenvalue weighted by molar-refractivity contribution is -0.384. The normalized spacial score (nSPS) is 10.3. The zero-order chi connectivity index (χ0) is 12.0. The monoisotopic (exact) mass is 221 g/mol. The van der Waals surface area contributed by atoms with Crippen molar-refractivity contribution < 1.29 is 9.72 Å². The van der Waals surface area contributed by atoms with E-state index < -0.39 is 4.92 Å². The molecular formula is C10H11N3O3. The van der Waals surface area contributed by atoms with Crippen LogP contribution in [0.4, 0.5) is 11.4 Å². The molecule has 0 heterocycles. The van der Waals surface area contributed by atoms with Crippen molar-refractivity contribution >= 4 is 23.4 Å². The summed E-state index contributed by atoms with van der Waals surface area (Å²) in [7, 11) is 0. The van der Waals surface area contributed by atoms with E-state index in [0.29, 0.717) is 12.1 Å². The Bertz CT molecular complexity index is 412. The predicted octanol–water partition coefficient (Wildman–Crippen LogP) is 1.97. The molecule has 1 aromatic carbocycles. The lowest BCUT2D eigenvalue weighted by atomic mass is 10.3. The van der Waals surface area contributed by atoms with Crippen LogP contribution in [0.3, 0.4) is 0 Å². The van der Waals surface area contributed by atoms with E-state index in [1.165, 1.54) is 30.5 Å². The summed E-state index contributed by atoms with van der Waals surface area (Å²) in [5.74, 6) is -0.0885. The van der Waals surface area contributed by atoms with Crippen molar-refractivity contribution in [1.82, 2.24) is 0 Å². The SMILES string of the molecule is CCC(=O)C=NNc1ccc([N+](=O)[O-])cc1. The molecule has 0 bridgehead atoms. The molecule has 1 rings (SSSR count). The van der Waals surface area contributed by atoms with Crippen LogP contribution in [-0.2, 0) is 4.79 Å². The Morgan fingerprint density at radius 1 is 1.50 bits per heavy atom. The number of anilines is 1. The van der Waals surface area contributed by atoms with Crippen molar-refractivity contribution in [3.63, 3.8) is 0 Å². The van der Waals surface area contributed by atoms with Gasteiger partial charge in [0.15, 0.2) is 5.78 Å². The maximum absolute atomic E-state index is 10.9. The van der Waals surface area contributed by atoms with E-state index in [1.807, 2.05) is 0 Å². The molecule has 0 aliphatic carbocycles. The van der Waals surface area contributed by atoms with Crippen molar-refractivity contribution in [2.24, 2.45) is 5.10 Å². The topological polar surface area (TPSA) is 84.6 Å². The number of rotatable bonds is 5. The van der Waals surface area contributed by atoms with Gasteiger partial charge in [0.2, 0.25) is 0 Å². The minimum atomic E-state index is -0.479. The summed E-state index contributed by atoms with van der Waals surface area (Å²) in [6.07, 6.45) is 1.58. The number of hydrazone groups is 1. The Labute approximate surface area is 92.1 Å². The minimum absolute atomic E-state index is 0.0131. The molecule has 0 spiro atoms. The molecule has 6 heteroatoms. The molecule has 1 aromatic rings. The second-order valence-corrected chi connectivity index (χ2v) is 2.99. The molecule has 0 aromatic heterocycles. The molecule has 6 nitrogen and oxygen atoms in total. The van der Waals surface area contributed by atoms with Gasteiger partial charge in [-0.15, -0.1) is 0 Å². The molecule has 0 aliphatic rings. The molecule has 1 N–H and O–H groups in total. The van der Waals surface area contributed by atoms with Gasteiger partial charge in [-0.1, -0.05) is 6.92 Å². The first kappa shape index (κ1) is 11.8. The lowest BCUT2D eigenvalue weighted by Gasteiger charge is -1.98. The number of hydrogen-bond donors (Lipinski definition) is 1. The highest BCUT2D eigenvalue weighted by atomic mass is 16.6. The fourth-order valence-corrected chi connectivity index (χ4v) is 0.928. The van der Waals surface area contributed by atoms with Crippen molar-refractivity contribution in [2.75, 3.05) is 5.43 Å². The highest BCUT2D eigenvalue weighted by Gasteiger charge is 2.02. The average molecular weight is 221 g/mol. The Kier molecular flexibility index (Phi) is 4.14. The molecule has 0 aliphatic heterocycles. The van der Waals surface area contributed by atoms with Crippen molar-refractivity contribution in [1.29, 1.82) is 0 Å². The second kappa shape index (κ2) is 5.59. The summed E-state index contributed by atoms with van der Waals surface area (Å²) in [5, 5.41) is 14.1. The van der Waals surface area contributed by atoms with Crippen LogP contribution in [0.5, 0.6) is 0 Å². The van der Waals surface area contributed by atoms with Crippen LogP contribution in [0.1, 0.15) is 13.3 Å². The zero-order valence-electron chi connectivity index (χ0n) is 8.71. The number of benzene rings is 1. The molecule has 16 heavy (non-hydrogen) atoms. The molecule has 0 atom stereocenters. The van der Waals surface area contributed by atoms with Gasteiger partial charge in [-0.05, 0) is 12.1 Å². The first-order valence-corrected chi connectivity index (χ1v) is 4.70.